The van der Waals surface area contributed by atoms with E-state index in [9.17, 15) is 0 Å². The fourth-order valence-corrected chi connectivity index (χ4v) is 1.93. The van der Waals surface area contributed by atoms with Crippen LogP contribution in [0.25, 0.3) is 11.0 Å². The van der Waals surface area contributed by atoms with Gasteiger partial charge in [-0.15, -0.1) is 5.10 Å². The zero-order valence-electron chi connectivity index (χ0n) is 9.10. The molecule has 3 heterocycles. The smallest absolute Gasteiger partial charge is 0.196 e. The number of aromatic nitrogens is 3. The summed E-state index contributed by atoms with van der Waals surface area (Å²) in [5, 5.41) is 8.40. The maximum absolute atomic E-state index is 5.75. The molecule has 0 atom stereocenters. The Balaban J connectivity index is 2.35. The van der Waals surface area contributed by atoms with Crippen LogP contribution in [-0.2, 0) is 5.66 Å². The Morgan fingerprint density at radius 1 is 1.44 bits per heavy atom. The summed E-state index contributed by atoms with van der Waals surface area (Å²) >= 11 is 0. The van der Waals surface area contributed by atoms with Crippen LogP contribution < -0.4 is 11.1 Å². The van der Waals surface area contributed by atoms with E-state index in [-0.39, 0.29) is 0 Å². The number of anilines is 1. The van der Waals surface area contributed by atoms with Gasteiger partial charge in [0.25, 0.3) is 0 Å². The predicted octanol–water partition coefficient (Wildman–Crippen LogP) is 0.864. The first kappa shape index (κ1) is 9.14. The predicted molar refractivity (Wildman–Crippen MR) is 62.1 cm³/mol. The maximum Gasteiger partial charge on any atom is 0.196 e. The fraction of sp³-hybridized carbons (Fsp3) is 0.300. The van der Waals surface area contributed by atoms with Gasteiger partial charge in [-0.05, 0) is 26.0 Å². The number of aliphatic imine (C=N–C) groups is 1. The molecule has 0 fully saturated rings. The van der Waals surface area contributed by atoms with Gasteiger partial charge in [0.2, 0.25) is 0 Å². The topological polar surface area (TPSA) is 81.1 Å². The highest BCUT2D eigenvalue weighted by molar-refractivity contribution is 6.01. The lowest BCUT2D eigenvalue weighted by atomic mass is 10.2. The zero-order chi connectivity index (χ0) is 11.3. The van der Waals surface area contributed by atoms with Crippen molar-refractivity contribution in [1.29, 1.82) is 0 Å². The molecule has 0 saturated carbocycles. The van der Waals surface area contributed by atoms with Crippen molar-refractivity contribution in [3.05, 3.63) is 18.3 Å². The molecular weight excluding hydrogens is 204 g/mol. The van der Waals surface area contributed by atoms with Crippen molar-refractivity contribution >= 4 is 22.8 Å². The van der Waals surface area contributed by atoms with Crippen molar-refractivity contribution in [3.63, 3.8) is 0 Å². The summed E-state index contributed by atoms with van der Waals surface area (Å²) in [6.45, 7) is 3.91. The van der Waals surface area contributed by atoms with Gasteiger partial charge >= 0.3 is 0 Å². The lowest BCUT2D eigenvalue weighted by Gasteiger charge is -2.28. The molecule has 1 aliphatic heterocycles. The molecule has 82 valence electrons. The van der Waals surface area contributed by atoms with Crippen molar-refractivity contribution in [2.45, 2.75) is 19.5 Å². The van der Waals surface area contributed by atoms with Crippen molar-refractivity contribution in [3.8, 4) is 0 Å². The number of pyridine rings is 1. The van der Waals surface area contributed by atoms with E-state index in [0.717, 1.165) is 11.2 Å². The van der Waals surface area contributed by atoms with Crippen molar-refractivity contribution < 1.29 is 0 Å². The van der Waals surface area contributed by atoms with Gasteiger partial charge in [0, 0.05) is 6.20 Å². The van der Waals surface area contributed by atoms with E-state index in [2.05, 4.69) is 20.4 Å². The van der Waals surface area contributed by atoms with E-state index in [1.54, 1.807) is 10.9 Å². The number of guanidine groups is 1. The SMILES string of the molecule is CC1(C)N=C(N)Nc2c3cccnc3nn21. The standard InChI is InChI=1S/C10H12N6/c1-10(2)14-9(11)13-8-6-4-3-5-12-7(6)15-16(8)10/h3-5H,1-2H3,(H3,11,13,14). The Labute approximate surface area is 92.2 Å². The minimum Gasteiger partial charge on any atom is -0.370 e. The van der Waals surface area contributed by atoms with Gasteiger partial charge in [-0.2, -0.15) is 0 Å². The molecule has 6 heteroatoms. The third-order valence-corrected chi connectivity index (χ3v) is 2.61. The van der Waals surface area contributed by atoms with E-state index in [0.29, 0.717) is 11.6 Å². The summed E-state index contributed by atoms with van der Waals surface area (Å²) in [4.78, 5) is 8.52. The van der Waals surface area contributed by atoms with Crippen LogP contribution in [-0.4, -0.2) is 20.7 Å². The molecule has 1 aliphatic rings. The number of nitrogens with one attached hydrogen (secondary N) is 1. The van der Waals surface area contributed by atoms with Crippen LogP contribution in [0.4, 0.5) is 5.82 Å². The van der Waals surface area contributed by atoms with E-state index in [1.807, 2.05) is 26.0 Å². The van der Waals surface area contributed by atoms with Crippen LogP contribution in [0.15, 0.2) is 23.3 Å². The summed E-state index contributed by atoms with van der Waals surface area (Å²) in [7, 11) is 0. The van der Waals surface area contributed by atoms with Crippen molar-refractivity contribution in [2.75, 3.05) is 5.32 Å². The lowest BCUT2D eigenvalue weighted by molar-refractivity contribution is 0.338. The van der Waals surface area contributed by atoms with E-state index in [4.69, 9.17) is 5.73 Å². The van der Waals surface area contributed by atoms with Gasteiger partial charge in [0.15, 0.2) is 17.3 Å². The second-order valence-electron chi connectivity index (χ2n) is 4.25. The van der Waals surface area contributed by atoms with Gasteiger partial charge in [0.05, 0.1) is 5.39 Å². The van der Waals surface area contributed by atoms with Crippen molar-refractivity contribution in [1.82, 2.24) is 14.8 Å². The summed E-state index contributed by atoms with van der Waals surface area (Å²) in [6, 6.07) is 3.84. The number of hydrogen-bond acceptors (Lipinski definition) is 5. The van der Waals surface area contributed by atoms with Crippen molar-refractivity contribution in [2.24, 2.45) is 10.7 Å². The number of hydrogen-bond donors (Lipinski definition) is 2. The zero-order valence-corrected chi connectivity index (χ0v) is 9.10. The Morgan fingerprint density at radius 2 is 2.25 bits per heavy atom. The molecule has 2 aromatic heterocycles. The molecule has 0 amide bonds. The minimum atomic E-state index is -0.481. The highest BCUT2D eigenvalue weighted by Crippen LogP contribution is 2.31. The fourth-order valence-electron chi connectivity index (χ4n) is 1.93. The Bertz CT molecular complexity index is 594. The van der Waals surface area contributed by atoms with Crippen LogP contribution in [0.5, 0.6) is 0 Å². The summed E-state index contributed by atoms with van der Waals surface area (Å²) in [5.74, 6) is 1.25. The van der Waals surface area contributed by atoms with Gasteiger partial charge < -0.3 is 11.1 Å². The summed E-state index contributed by atoms with van der Waals surface area (Å²) in [5.41, 5.74) is 5.97. The number of fused-ring (bicyclic) bond motifs is 3. The number of rotatable bonds is 0. The maximum atomic E-state index is 5.75. The average Bonchev–Trinajstić information content (AvgIpc) is 2.57. The van der Waals surface area contributed by atoms with E-state index in [1.165, 1.54) is 0 Å². The van der Waals surface area contributed by atoms with Crippen LogP contribution in [0.3, 0.4) is 0 Å². The first-order valence-electron chi connectivity index (χ1n) is 5.04. The highest BCUT2D eigenvalue weighted by atomic mass is 15.5. The average molecular weight is 216 g/mol. The minimum absolute atomic E-state index is 0.406. The first-order chi connectivity index (χ1) is 7.58. The molecule has 0 spiro atoms. The third-order valence-electron chi connectivity index (χ3n) is 2.61. The normalized spacial score (nSPS) is 17.8. The molecule has 3 N–H and O–H groups in total. The first-order valence-corrected chi connectivity index (χ1v) is 5.04. The quantitative estimate of drug-likeness (QED) is 0.684. The Morgan fingerprint density at radius 3 is 3.06 bits per heavy atom. The summed E-state index contributed by atoms with van der Waals surface area (Å²) < 4.78 is 1.81. The largest absolute Gasteiger partial charge is 0.370 e. The molecule has 2 aromatic rings. The molecule has 0 saturated heterocycles. The third kappa shape index (κ3) is 1.09. The van der Waals surface area contributed by atoms with Gasteiger partial charge in [-0.25, -0.2) is 14.7 Å². The molecule has 3 rings (SSSR count). The van der Waals surface area contributed by atoms with Crippen LogP contribution in [0, 0.1) is 0 Å². The second kappa shape index (κ2) is 2.72. The molecule has 16 heavy (non-hydrogen) atoms. The van der Waals surface area contributed by atoms with Crippen LogP contribution >= 0.6 is 0 Å². The second-order valence-corrected chi connectivity index (χ2v) is 4.25. The molecular formula is C10H12N6. The molecule has 0 unspecified atom stereocenters. The molecule has 0 radical (unpaired) electrons. The Hall–Kier alpha value is -2.11. The number of nitrogens with two attached hydrogens (primary N) is 1. The summed E-state index contributed by atoms with van der Waals surface area (Å²) in [6.07, 6.45) is 1.72. The van der Waals surface area contributed by atoms with E-state index >= 15 is 0 Å². The van der Waals surface area contributed by atoms with E-state index < -0.39 is 5.66 Å². The molecule has 0 aromatic carbocycles. The van der Waals surface area contributed by atoms with Crippen LogP contribution in [0.2, 0.25) is 0 Å². The molecule has 0 bridgehead atoms. The molecule has 6 nitrogen and oxygen atoms in total. The van der Waals surface area contributed by atoms with Crippen LogP contribution in [0.1, 0.15) is 13.8 Å². The van der Waals surface area contributed by atoms with Gasteiger partial charge in [-0.1, -0.05) is 0 Å². The molecule has 0 aliphatic carbocycles. The number of nitrogens with zero attached hydrogens (tertiary/aromatic N) is 4. The lowest BCUT2D eigenvalue weighted by Crippen LogP contribution is -2.38. The van der Waals surface area contributed by atoms with Gasteiger partial charge in [0.1, 0.15) is 5.82 Å². The van der Waals surface area contributed by atoms with Gasteiger partial charge in [-0.3, -0.25) is 0 Å². The Kier molecular flexibility index (Phi) is 1.55. The monoisotopic (exact) mass is 216 g/mol. The highest BCUT2D eigenvalue weighted by Gasteiger charge is 2.29.